The van der Waals surface area contributed by atoms with Crippen LogP contribution in [0.2, 0.25) is 5.02 Å². The van der Waals surface area contributed by atoms with Crippen LogP contribution in [0.3, 0.4) is 0 Å². The molecule has 0 aliphatic carbocycles. The first-order valence-electron chi connectivity index (χ1n) is 7.38. The number of hydrogen-bond acceptors (Lipinski definition) is 7. The van der Waals surface area contributed by atoms with Crippen LogP contribution in [0, 0.1) is 5.92 Å². The second kappa shape index (κ2) is 7.83. The summed E-state index contributed by atoms with van der Waals surface area (Å²) in [6.45, 7) is 3.43. The molecule has 1 aromatic heterocycles. The smallest absolute Gasteiger partial charge is 0.335 e. The lowest BCUT2D eigenvalue weighted by atomic mass is 10.0. The van der Waals surface area contributed by atoms with Gasteiger partial charge in [-0.05, 0) is 30.2 Å². The minimum absolute atomic E-state index is 0.0234. The van der Waals surface area contributed by atoms with Crippen LogP contribution >= 0.6 is 11.6 Å². The summed E-state index contributed by atoms with van der Waals surface area (Å²) in [5, 5.41) is 10.00. The maximum Gasteiger partial charge on any atom is 0.335 e. The summed E-state index contributed by atoms with van der Waals surface area (Å²) in [5.41, 5.74) is 0. The van der Waals surface area contributed by atoms with Gasteiger partial charge in [0, 0.05) is 11.3 Å². The molecule has 1 heterocycles. The third-order valence-corrected chi connectivity index (χ3v) is 4.22. The van der Waals surface area contributed by atoms with Crippen LogP contribution in [0.25, 0.3) is 0 Å². The number of hydrogen-bond donors (Lipinski definition) is 1. The van der Waals surface area contributed by atoms with Crippen molar-refractivity contribution in [3.63, 3.8) is 0 Å². The maximum atomic E-state index is 12.1. The number of carbonyl (C=O) groups excluding carboxylic acids is 1. The molecule has 136 valence electrons. The number of halogens is 1. The van der Waals surface area contributed by atoms with E-state index in [1.807, 2.05) is 13.8 Å². The first-order chi connectivity index (χ1) is 11.7. The second-order valence-electron chi connectivity index (χ2n) is 5.71. The molecular formula is C15H18ClN3O5S. The van der Waals surface area contributed by atoms with Crippen molar-refractivity contribution in [1.29, 1.82) is 0 Å². The largest absolute Gasteiger partial charge is 0.484 e. The van der Waals surface area contributed by atoms with Crippen LogP contribution in [0.1, 0.15) is 25.8 Å². The van der Waals surface area contributed by atoms with Gasteiger partial charge < -0.3 is 14.5 Å². The van der Waals surface area contributed by atoms with Crippen molar-refractivity contribution in [2.45, 2.75) is 25.1 Å². The van der Waals surface area contributed by atoms with Crippen LogP contribution in [-0.4, -0.2) is 37.4 Å². The molecule has 0 saturated carbocycles. The minimum Gasteiger partial charge on any atom is -0.484 e. The molecule has 25 heavy (non-hydrogen) atoms. The van der Waals surface area contributed by atoms with E-state index < -0.39 is 27.0 Å². The predicted octanol–water partition coefficient (Wildman–Crippen LogP) is 2.02. The third kappa shape index (κ3) is 5.43. The highest BCUT2D eigenvalue weighted by Gasteiger charge is 2.26. The van der Waals surface area contributed by atoms with Gasteiger partial charge in [0.05, 0.1) is 0 Å². The molecule has 10 heteroatoms. The summed E-state index contributed by atoms with van der Waals surface area (Å²) in [6.07, 6.45) is 0.965. The fourth-order valence-electron chi connectivity index (χ4n) is 1.90. The molecule has 0 fully saturated rings. The van der Waals surface area contributed by atoms with E-state index in [0.29, 0.717) is 10.8 Å². The SMILES string of the molecule is CC(C)[C@H](NC(=O)COc1ccc(Cl)cc1)c1nnc(S(C)(=O)=O)o1. The summed E-state index contributed by atoms with van der Waals surface area (Å²) in [6, 6.07) is 5.95. The summed E-state index contributed by atoms with van der Waals surface area (Å²) in [4.78, 5) is 12.1. The normalized spacial score (nSPS) is 12.8. The number of carbonyl (C=O) groups is 1. The van der Waals surface area contributed by atoms with Crippen LogP contribution in [0.4, 0.5) is 0 Å². The lowest BCUT2D eigenvalue weighted by Crippen LogP contribution is -2.35. The number of nitrogens with zero attached hydrogens (tertiary/aromatic N) is 2. The van der Waals surface area contributed by atoms with Crippen LogP contribution < -0.4 is 10.1 Å². The van der Waals surface area contributed by atoms with E-state index in [0.717, 1.165) is 6.26 Å². The van der Waals surface area contributed by atoms with Crippen molar-refractivity contribution in [1.82, 2.24) is 15.5 Å². The van der Waals surface area contributed by atoms with E-state index in [9.17, 15) is 13.2 Å². The Morgan fingerprint density at radius 2 is 1.92 bits per heavy atom. The quantitative estimate of drug-likeness (QED) is 0.773. The average molecular weight is 388 g/mol. The topological polar surface area (TPSA) is 111 Å². The number of nitrogens with one attached hydrogen (secondary N) is 1. The van der Waals surface area contributed by atoms with Crippen LogP contribution in [-0.2, 0) is 14.6 Å². The Balaban J connectivity index is 2.02. The molecule has 1 aromatic carbocycles. The number of aromatic nitrogens is 2. The lowest BCUT2D eigenvalue weighted by molar-refractivity contribution is -0.124. The third-order valence-electron chi connectivity index (χ3n) is 3.17. The van der Waals surface area contributed by atoms with Gasteiger partial charge in [0.25, 0.3) is 5.91 Å². The highest BCUT2D eigenvalue weighted by Crippen LogP contribution is 2.22. The number of benzene rings is 1. The molecule has 2 aromatic rings. The molecule has 2 rings (SSSR count). The average Bonchev–Trinajstić information content (AvgIpc) is 3.01. The van der Waals surface area contributed by atoms with Gasteiger partial charge in [-0.1, -0.05) is 30.5 Å². The zero-order chi connectivity index (χ0) is 18.6. The predicted molar refractivity (Wildman–Crippen MR) is 90.1 cm³/mol. The Labute approximate surface area is 150 Å². The standard InChI is InChI=1S/C15H18ClN3O5S/c1-9(2)13(14-18-19-15(24-14)25(3,21)22)17-12(20)8-23-11-6-4-10(16)5-7-11/h4-7,9,13H,8H2,1-3H3,(H,17,20)/t13-/m0/s1. The van der Waals surface area contributed by atoms with Crippen molar-refractivity contribution >= 4 is 27.3 Å². The molecule has 0 aliphatic rings. The molecule has 1 N–H and O–H groups in total. The molecule has 0 spiro atoms. The number of sulfone groups is 1. The van der Waals surface area contributed by atoms with Crippen LogP contribution in [0.15, 0.2) is 33.9 Å². The van der Waals surface area contributed by atoms with E-state index in [1.165, 1.54) is 0 Å². The minimum atomic E-state index is -3.61. The Morgan fingerprint density at radius 3 is 2.44 bits per heavy atom. The molecule has 0 saturated heterocycles. The van der Waals surface area contributed by atoms with Crippen molar-refractivity contribution in [2.75, 3.05) is 12.9 Å². The highest BCUT2D eigenvalue weighted by atomic mass is 35.5. The monoisotopic (exact) mass is 387 g/mol. The molecule has 0 aliphatic heterocycles. The van der Waals surface area contributed by atoms with Gasteiger partial charge >= 0.3 is 5.22 Å². The molecule has 0 unspecified atom stereocenters. The van der Waals surface area contributed by atoms with E-state index >= 15 is 0 Å². The Hall–Kier alpha value is -2.13. The van der Waals surface area contributed by atoms with E-state index in [2.05, 4.69) is 15.5 Å². The van der Waals surface area contributed by atoms with E-state index in [-0.39, 0.29) is 18.4 Å². The van der Waals surface area contributed by atoms with Crippen molar-refractivity contribution in [3.8, 4) is 5.75 Å². The van der Waals surface area contributed by atoms with Crippen molar-refractivity contribution in [3.05, 3.63) is 35.2 Å². The zero-order valence-corrected chi connectivity index (χ0v) is 15.5. The summed E-state index contributed by atoms with van der Waals surface area (Å²) in [7, 11) is -3.61. The summed E-state index contributed by atoms with van der Waals surface area (Å²) >= 11 is 5.78. The van der Waals surface area contributed by atoms with Gasteiger partial charge in [-0.2, -0.15) is 0 Å². The molecule has 1 amide bonds. The number of rotatable bonds is 7. The first kappa shape index (κ1) is 19.2. The Morgan fingerprint density at radius 1 is 1.28 bits per heavy atom. The van der Waals surface area contributed by atoms with E-state index in [4.69, 9.17) is 20.8 Å². The van der Waals surface area contributed by atoms with Crippen molar-refractivity contribution < 1.29 is 22.4 Å². The zero-order valence-electron chi connectivity index (χ0n) is 13.9. The lowest BCUT2D eigenvalue weighted by Gasteiger charge is -2.18. The van der Waals surface area contributed by atoms with Gasteiger partial charge in [0.1, 0.15) is 11.8 Å². The van der Waals surface area contributed by atoms with Gasteiger partial charge in [-0.15, -0.1) is 5.10 Å². The van der Waals surface area contributed by atoms with Crippen molar-refractivity contribution in [2.24, 2.45) is 5.92 Å². The van der Waals surface area contributed by atoms with E-state index in [1.54, 1.807) is 24.3 Å². The van der Waals surface area contributed by atoms with Crippen LogP contribution in [0.5, 0.6) is 5.75 Å². The molecule has 0 bridgehead atoms. The van der Waals surface area contributed by atoms with Gasteiger partial charge in [0.2, 0.25) is 15.7 Å². The molecule has 0 radical (unpaired) electrons. The molecular weight excluding hydrogens is 370 g/mol. The highest BCUT2D eigenvalue weighted by molar-refractivity contribution is 7.90. The van der Waals surface area contributed by atoms with Gasteiger partial charge in [0.15, 0.2) is 6.61 Å². The Kier molecular flexibility index (Phi) is 6.02. The number of ether oxygens (including phenoxy) is 1. The fraction of sp³-hybridized carbons (Fsp3) is 0.400. The molecule has 8 nitrogen and oxygen atoms in total. The summed E-state index contributed by atoms with van der Waals surface area (Å²) in [5.74, 6) is 0.00756. The van der Waals surface area contributed by atoms with Gasteiger partial charge in [-0.3, -0.25) is 4.79 Å². The maximum absolute atomic E-state index is 12.1. The number of amides is 1. The second-order valence-corrected chi connectivity index (χ2v) is 8.04. The molecule has 1 atom stereocenters. The first-order valence-corrected chi connectivity index (χ1v) is 9.65. The van der Waals surface area contributed by atoms with Gasteiger partial charge in [-0.25, -0.2) is 8.42 Å². The fourth-order valence-corrected chi connectivity index (χ4v) is 2.46. The summed E-state index contributed by atoms with van der Waals surface area (Å²) < 4.78 is 33.4. The Bertz CT molecular complexity index is 833.